The molecule has 4 aliphatic rings. The Balaban J connectivity index is 0.979. The molecule has 0 saturated heterocycles. The van der Waals surface area contributed by atoms with Crippen molar-refractivity contribution in [1.29, 1.82) is 0 Å². The number of carbonyl (C=O) groups is 3. The van der Waals surface area contributed by atoms with E-state index < -0.39 is 0 Å². The normalized spacial score (nSPS) is 19.7. The second-order valence-electron chi connectivity index (χ2n) is 17.2. The predicted molar refractivity (Wildman–Crippen MR) is 237 cm³/mol. The van der Waals surface area contributed by atoms with E-state index in [2.05, 4.69) is 153 Å². The maximum absolute atomic E-state index is 12.6. The Kier molecular flexibility index (Phi) is 10.7. The molecular formula is C51H55N4O3+. The fourth-order valence-corrected chi connectivity index (χ4v) is 9.76. The summed E-state index contributed by atoms with van der Waals surface area (Å²) in [5, 5.41) is 8.04. The molecule has 4 aromatic carbocycles. The molecule has 4 aromatic rings. The molecule has 58 heavy (non-hydrogen) atoms. The second kappa shape index (κ2) is 15.8. The van der Waals surface area contributed by atoms with Gasteiger partial charge in [0.25, 0.3) is 11.8 Å². The summed E-state index contributed by atoms with van der Waals surface area (Å²) in [5.41, 5.74) is 10.4. The molecule has 1 N–H and O–H groups in total. The summed E-state index contributed by atoms with van der Waals surface area (Å²) in [6.07, 6.45) is 20.7. The lowest BCUT2D eigenvalue weighted by molar-refractivity contribution is -0.401. The fourth-order valence-electron chi connectivity index (χ4n) is 9.76. The van der Waals surface area contributed by atoms with Gasteiger partial charge in [0.1, 0.15) is 7.05 Å². The molecule has 3 heterocycles. The lowest BCUT2D eigenvalue weighted by atomic mass is 9.79. The topological polar surface area (TPSA) is 72.7 Å². The molecule has 0 saturated carbocycles. The summed E-state index contributed by atoms with van der Waals surface area (Å²) < 4.78 is 2.37. The van der Waals surface area contributed by atoms with Gasteiger partial charge in [-0.15, -0.1) is 0 Å². The zero-order valence-corrected chi connectivity index (χ0v) is 34.6. The molecule has 7 heteroatoms. The second-order valence-corrected chi connectivity index (χ2v) is 17.2. The van der Waals surface area contributed by atoms with Crippen LogP contribution >= 0.6 is 0 Å². The van der Waals surface area contributed by atoms with Gasteiger partial charge in [-0.05, 0) is 102 Å². The molecule has 7 nitrogen and oxygen atoms in total. The summed E-state index contributed by atoms with van der Waals surface area (Å²) in [5.74, 6) is -0.704. The monoisotopic (exact) mass is 771 g/mol. The Morgan fingerprint density at radius 2 is 1.43 bits per heavy atom. The van der Waals surface area contributed by atoms with Crippen molar-refractivity contribution in [3.05, 3.63) is 143 Å². The van der Waals surface area contributed by atoms with E-state index in [0.29, 0.717) is 6.42 Å². The average molecular weight is 772 g/mol. The molecule has 0 radical (unpaired) electrons. The number of nitrogens with one attached hydrogen (secondary N) is 1. The number of allylic oxidation sites excluding steroid dienone is 8. The maximum atomic E-state index is 12.6. The maximum Gasteiger partial charge on any atom is 0.253 e. The molecule has 0 atom stereocenters. The van der Waals surface area contributed by atoms with Crippen LogP contribution in [-0.2, 0) is 25.2 Å². The molecule has 0 aromatic heterocycles. The molecule has 8 rings (SSSR count). The van der Waals surface area contributed by atoms with Crippen LogP contribution in [0.15, 0.2) is 132 Å². The van der Waals surface area contributed by atoms with Crippen molar-refractivity contribution in [2.45, 2.75) is 83.5 Å². The molecule has 0 spiro atoms. The molecule has 0 fully saturated rings. The van der Waals surface area contributed by atoms with Gasteiger partial charge in [-0.25, -0.2) is 0 Å². The highest BCUT2D eigenvalue weighted by atomic mass is 16.2. The number of unbranched alkanes of at least 4 members (excludes halogenated alkanes) is 2. The van der Waals surface area contributed by atoms with E-state index in [1.54, 1.807) is 0 Å². The highest BCUT2D eigenvalue weighted by molar-refractivity contribution is 6.13. The minimum atomic E-state index is -0.326. The van der Waals surface area contributed by atoms with E-state index in [-0.39, 0.29) is 41.6 Å². The first-order valence-electron chi connectivity index (χ1n) is 21.0. The Morgan fingerprint density at radius 1 is 0.741 bits per heavy atom. The quantitative estimate of drug-likeness (QED) is 0.0885. The van der Waals surface area contributed by atoms with Crippen LogP contribution in [0.25, 0.3) is 21.5 Å². The van der Waals surface area contributed by atoms with Crippen molar-refractivity contribution in [3.63, 3.8) is 0 Å². The molecular weight excluding hydrogens is 717 g/mol. The van der Waals surface area contributed by atoms with E-state index in [0.717, 1.165) is 50.0 Å². The summed E-state index contributed by atoms with van der Waals surface area (Å²) in [4.78, 5) is 39.8. The van der Waals surface area contributed by atoms with E-state index >= 15 is 0 Å². The van der Waals surface area contributed by atoms with Gasteiger partial charge in [0.2, 0.25) is 11.6 Å². The molecule has 3 aliphatic heterocycles. The minimum Gasteiger partial charge on any atom is -0.354 e. The predicted octanol–water partition coefficient (Wildman–Crippen LogP) is 9.88. The van der Waals surface area contributed by atoms with Gasteiger partial charge in [-0.3, -0.25) is 19.3 Å². The largest absolute Gasteiger partial charge is 0.354 e. The first-order valence-corrected chi connectivity index (χ1v) is 21.0. The van der Waals surface area contributed by atoms with Crippen LogP contribution in [0, 0.1) is 0 Å². The number of nitrogens with zero attached hydrogens (tertiary/aromatic N) is 3. The zero-order chi connectivity index (χ0) is 40.6. The third kappa shape index (κ3) is 7.27. The summed E-state index contributed by atoms with van der Waals surface area (Å²) >= 11 is 0. The summed E-state index contributed by atoms with van der Waals surface area (Å²) in [6.45, 7) is 10.7. The van der Waals surface area contributed by atoms with Crippen molar-refractivity contribution in [2.75, 3.05) is 31.6 Å². The SMILES string of the molecule is C[N+]1=C(/C=C/C2=CC(=C/C=C3/N(CCCCCC(=O)NCCN4C(=O)C=CC4=O)c4ccc5ccccc5c4C3(C)C)/CCC2)C(C)(C)c2c1ccc1ccccc21. The van der Waals surface area contributed by atoms with Gasteiger partial charge >= 0.3 is 0 Å². The number of rotatable bonds is 12. The van der Waals surface area contributed by atoms with Crippen molar-refractivity contribution < 1.29 is 19.0 Å². The zero-order valence-electron chi connectivity index (χ0n) is 34.6. The van der Waals surface area contributed by atoms with Crippen LogP contribution in [0.2, 0.25) is 0 Å². The number of carbonyl (C=O) groups excluding carboxylic acids is 3. The molecule has 296 valence electrons. The summed E-state index contributed by atoms with van der Waals surface area (Å²) in [7, 11) is 2.20. The lowest BCUT2D eigenvalue weighted by Gasteiger charge is -2.27. The molecule has 0 bridgehead atoms. The van der Waals surface area contributed by atoms with Crippen LogP contribution in [0.3, 0.4) is 0 Å². The Bertz CT molecular complexity index is 2510. The first-order chi connectivity index (χ1) is 27.9. The number of hydrogen-bond donors (Lipinski definition) is 1. The van der Waals surface area contributed by atoms with Crippen LogP contribution < -0.4 is 10.2 Å². The van der Waals surface area contributed by atoms with Crippen molar-refractivity contribution in [3.8, 4) is 0 Å². The van der Waals surface area contributed by atoms with Crippen LogP contribution in [0.1, 0.15) is 83.8 Å². The molecule has 1 aliphatic carbocycles. The number of anilines is 1. The van der Waals surface area contributed by atoms with Gasteiger partial charge in [-0.2, -0.15) is 4.58 Å². The van der Waals surface area contributed by atoms with Gasteiger partial charge in [0.05, 0.1) is 5.41 Å². The van der Waals surface area contributed by atoms with Gasteiger partial charge in [0.15, 0.2) is 5.71 Å². The number of fused-ring (bicyclic) bond motifs is 6. The van der Waals surface area contributed by atoms with E-state index in [4.69, 9.17) is 0 Å². The Hall–Kier alpha value is -5.82. The molecule has 3 amide bonds. The average Bonchev–Trinajstić information content (AvgIpc) is 3.73. The minimum absolute atomic E-state index is 0.0515. The van der Waals surface area contributed by atoms with E-state index in [1.165, 1.54) is 78.8 Å². The third-order valence-electron chi connectivity index (χ3n) is 12.7. The number of imide groups is 1. The number of hydrogen-bond acceptors (Lipinski definition) is 4. The van der Waals surface area contributed by atoms with Gasteiger partial charge in [-0.1, -0.05) is 93.1 Å². The smallest absolute Gasteiger partial charge is 0.253 e. The Labute approximate surface area is 342 Å². The van der Waals surface area contributed by atoms with E-state index in [1.807, 2.05) is 0 Å². The van der Waals surface area contributed by atoms with Crippen molar-refractivity contribution in [2.24, 2.45) is 0 Å². The van der Waals surface area contributed by atoms with Crippen LogP contribution in [0.5, 0.6) is 0 Å². The summed E-state index contributed by atoms with van der Waals surface area (Å²) in [6, 6.07) is 26.5. The van der Waals surface area contributed by atoms with Crippen molar-refractivity contribution >= 4 is 56.4 Å². The third-order valence-corrected chi connectivity index (χ3v) is 12.7. The van der Waals surface area contributed by atoms with Crippen LogP contribution in [-0.4, -0.2) is 59.6 Å². The van der Waals surface area contributed by atoms with Crippen molar-refractivity contribution in [1.82, 2.24) is 10.2 Å². The Morgan fingerprint density at radius 3 is 2.17 bits per heavy atom. The lowest BCUT2D eigenvalue weighted by Crippen LogP contribution is -2.38. The van der Waals surface area contributed by atoms with Crippen LogP contribution in [0.4, 0.5) is 11.4 Å². The number of benzene rings is 4. The first kappa shape index (κ1) is 39.0. The van der Waals surface area contributed by atoms with E-state index in [9.17, 15) is 14.4 Å². The van der Waals surface area contributed by atoms with Gasteiger partial charge in [0, 0.05) is 72.7 Å². The highest BCUT2D eigenvalue weighted by Gasteiger charge is 2.44. The standard InChI is InChI=1S/C51H54N4O3/c1-50(2)43(53(5)41-25-23-37-16-8-10-18-39(37)48(41)50)27-21-35-14-13-15-36(34-35)22-28-44-51(3,4)49-40-19-11-9-17-38(40)24-26-42(49)54(44)32-12-6-7-20-45(56)52-31-33-55-46(57)29-30-47(55)58/h8-11,16-19,21-30,34H,6-7,12-15,20,31-33H2,1-5H3/p+1. The number of amides is 3. The fraction of sp³-hybridized carbons (Fsp3) is 0.333. The van der Waals surface area contributed by atoms with Gasteiger partial charge < -0.3 is 10.2 Å². The molecule has 0 unspecified atom stereocenters. The highest BCUT2D eigenvalue weighted by Crippen LogP contribution is 2.51.